The number of amides is 1. The van der Waals surface area contributed by atoms with Crippen LogP contribution in [0, 0.1) is 24.5 Å². The van der Waals surface area contributed by atoms with Gasteiger partial charge in [-0.15, -0.1) is 0 Å². The Balaban J connectivity index is 1.38. The quantitative estimate of drug-likeness (QED) is 0.526. The molecule has 180 valence electrons. The van der Waals surface area contributed by atoms with E-state index in [0.29, 0.717) is 22.7 Å². The molecule has 1 aliphatic carbocycles. The molecule has 0 aliphatic heterocycles. The summed E-state index contributed by atoms with van der Waals surface area (Å²) in [6.45, 7) is 4.05. The van der Waals surface area contributed by atoms with Crippen LogP contribution >= 0.6 is 0 Å². The topological polar surface area (TPSA) is 70.2 Å². The number of rotatable bonds is 6. The first-order chi connectivity index (χ1) is 16.2. The van der Waals surface area contributed by atoms with Crippen molar-refractivity contribution in [3.05, 3.63) is 59.2 Å². The SMILES string of the molecule is Cc1ccc([C@H](C)NC(=O)C2CCC(Nc3nc(N(C)C)c4cc(F)c(F)cc4n3)CC2)cc1. The number of anilines is 2. The number of carbonyl (C=O) groups excluding carboxylic acids is 1. The molecule has 3 aromatic rings. The van der Waals surface area contributed by atoms with Crippen LogP contribution < -0.4 is 15.5 Å². The van der Waals surface area contributed by atoms with Gasteiger partial charge in [0.05, 0.1) is 11.6 Å². The summed E-state index contributed by atoms with van der Waals surface area (Å²) in [5.41, 5.74) is 2.63. The number of benzene rings is 2. The molecule has 6 nitrogen and oxygen atoms in total. The van der Waals surface area contributed by atoms with E-state index < -0.39 is 11.6 Å². The van der Waals surface area contributed by atoms with Crippen LogP contribution in [0.1, 0.15) is 49.8 Å². The van der Waals surface area contributed by atoms with Crippen LogP contribution in [0.15, 0.2) is 36.4 Å². The molecule has 2 N–H and O–H groups in total. The van der Waals surface area contributed by atoms with Gasteiger partial charge in [0.25, 0.3) is 0 Å². The molecule has 4 rings (SSSR count). The van der Waals surface area contributed by atoms with E-state index >= 15 is 0 Å². The smallest absolute Gasteiger partial charge is 0.225 e. The lowest BCUT2D eigenvalue weighted by molar-refractivity contribution is -0.126. The molecule has 34 heavy (non-hydrogen) atoms. The highest BCUT2D eigenvalue weighted by molar-refractivity contribution is 5.90. The molecule has 0 unspecified atom stereocenters. The van der Waals surface area contributed by atoms with E-state index in [0.717, 1.165) is 43.4 Å². The number of aromatic nitrogens is 2. The van der Waals surface area contributed by atoms with E-state index in [-0.39, 0.29) is 23.9 Å². The summed E-state index contributed by atoms with van der Waals surface area (Å²) >= 11 is 0. The molecule has 1 saturated carbocycles. The predicted molar refractivity (Wildman–Crippen MR) is 131 cm³/mol. The van der Waals surface area contributed by atoms with Gasteiger partial charge in [-0.05, 0) is 51.2 Å². The number of carbonyl (C=O) groups is 1. The van der Waals surface area contributed by atoms with Gasteiger partial charge in [0, 0.05) is 37.5 Å². The standard InChI is InChI=1S/C26H31F2N5O/c1-15-5-7-17(8-6-15)16(2)29-25(34)18-9-11-19(12-10-18)30-26-31-23-14-22(28)21(27)13-20(23)24(32-26)33(3)4/h5-8,13-14,16,18-19H,9-12H2,1-4H3,(H,29,34)(H,30,31,32)/t16-,18?,19?/m0/s1. The van der Waals surface area contributed by atoms with Crippen molar-refractivity contribution in [2.24, 2.45) is 5.92 Å². The van der Waals surface area contributed by atoms with Gasteiger partial charge in [0.15, 0.2) is 11.6 Å². The summed E-state index contributed by atoms with van der Waals surface area (Å²) in [4.78, 5) is 23.5. The summed E-state index contributed by atoms with van der Waals surface area (Å²) in [6.07, 6.45) is 3.12. The fourth-order valence-electron chi connectivity index (χ4n) is 4.47. The molecule has 0 saturated heterocycles. The summed E-state index contributed by atoms with van der Waals surface area (Å²) in [7, 11) is 3.60. The predicted octanol–water partition coefficient (Wildman–Crippen LogP) is 5.13. The van der Waals surface area contributed by atoms with E-state index in [1.807, 2.05) is 26.0 Å². The second-order valence-corrected chi connectivity index (χ2v) is 9.38. The Morgan fingerprint density at radius 1 is 1.03 bits per heavy atom. The van der Waals surface area contributed by atoms with Crippen LogP contribution in [0.4, 0.5) is 20.5 Å². The Labute approximate surface area is 198 Å². The number of hydrogen-bond donors (Lipinski definition) is 2. The van der Waals surface area contributed by atoms with Gasteiger partial charge < -0.3 is 15.5 Å². The summed E-state index contributed by atoms with van der Waals surface area (Å²) < 4.78 is 27.6. The first kappa shape index (κ1) is 23.9. The average molecular weight is 468 g/mol. The normalized spacial score (nSPS) is 19.0. The second-order valence-electron chi connectivity index (χ2n) is 9.38. The molecule has 2 aromatic carbocycles. The van der Waals surface area contributed by atoms with Gasteiger partial charge in [0.2, 0.25) is 11.9 Å². The Kier molecular flexibility index (Phi) is 6.95. The highest BCUT2D eigenvalue weighted by atomic mass is 19.2. The van der Waals surface area contributed by atoms with E-state index in [9.17, 15) is 13.6 Å². The first-order valence-electron chi connectivity index (χ1n) is 11.7. The maximum atomic E-state index is 13.8. The van der Waals surface area contributed by atoms with Crippen LogP contribution in [-0.2, 0) is 4.79 Å². The Morgan fingerprint density at radius 2 is 1.68 bits per heavy atom. The minimum atomic E-state index is -0.937. The summed E-state index contributed by atoms with van der Waals surface area (Å²) in [6, 6.07) is 10.5. The van der Waals surface area contributed by atoms with Crippen molar-refractivity contribution < 1.29 is 13.6 Å². The highest BCUT2D eigenvalue weighted by Crippen LogP contribution is 2.30. The van der Waals surface area contributed by atoms with Gasteiger partial charge >= 0.3 is 0 Å². The Hall–Kier alpha value is -3.29. The van der Waals surface area contributed by atoms with E-state index in [1.165, 1.54) is 5.56 Å². The third-order valence-electron chi connectivity index (χ3n) is 6.51. The van der Waals surface area contributed by atoms with Crippen LogP contribution in [-0.4, -0.2) is 36.0 Å². The number of nitrogens with one attached hydrogen (secondary N) is 2. The third-order valence-corrected chi connectivity index (χ3v) is 6.51. The van der Waals surface area contributed by atoms with E-state index in [4.69, 9.17) is 0 Å². The lowest BCUT2D eigenvalue weighted by Crippen LogP contribution is -2.37. The van der Waals surface area contributed by atoms with Crippen molar-refractivity contribution in [1.82, 2.24) is 15.3 Å². The van der Waals surface area contributed by atoms with Crippen LogP contribution in [0.25, 0.3) is 10.9 Å². The summed E-state index contributed by atoms with van der Waals surface area (Å²) in [5.74, 6) is -0.909. The molecule has 1 atom stereocenters. The van der Waals surface area contributed by atoms with Gasteiger partial charge in [-0.1, -0.05) is 29.8 Å². The first-order valence-corrected chi connectivity index (χ1v) is 11.7. The number of halogens is 2. The molecule has 1 heterocycles. The number of fused-ring (bicyclic) bond motifs is 1. The maximum Gasteiger partial charge on any atom is 0.225 e. The van der Waals surface area contributed by atoms with Gasteiger partial charge in [0.1, 0.15) is 5.82 Å². The molecule has 1 aliphatic rings. The van der Waals surface area contributed by atoms with E-state index in [1.54, 1.807) is 19.0 Å². The number of aryl methyl sites for hydroxylation is 1. The number of nitrogens with zero attached hydrogens (tertiary/aromatic N) is 3. The van der Waals surface area contributed by atoms with Crippen molar-refractivity contribution in [2.45, 2.75) is 51.6 Å². The van der Waals surface area contributed by atoms with Crippen molar-refractivity contribution in [3.8, 4) is 0 Å². The van der Waals surface area contributed by atoms with Crippen LogP contribution in [0.3, 0.4) is 0 Å². The minimum absolute atomic E-state index is 0.0297. The highest BCUT2D eigenvalue weighted by Gasteiger charge is 2.28. The largest absolute Gasteiger partial charge is 0.362 e. The summed E-state index contributed by atoms with van der Waals surface area (Å²) in [5, 5.41) is 6.94. The Bertz CT molecular complexity index is 1170. The van der Waals surface area contributed by atoms with Crippen molar-refractivity contribution >= 4 is 28.6 Å². The fourth-order valence-corrected chi connectivity index (χ4v) is 4.47. The zero-order chi connectivity index (χ0) is 24.4. The molecule has 1 amide bonds. The zero-order valence-electron chi connectivity index (χ0n) is 20.0. The third kappa shape index (κ3) is 5.26. The lowest BCUT2D eigenvalue weighted by atomic mass is 9.85. The lowest BCUT2D eigenvalue weighted by Gasteiger charge is -2.29. The molecule has 1 aromatic heterocycles. The van der Waals surface area contributed by atoms with Gasteiger partial charge in [-0.25, -0.2) is 13.8 Å². The fraction of sp³-hybridized carbons (Fsp3) is 0.423. The van der Waals surface area contributed by atoms with Crippen molar-refractivity contribution in [1.29, 1.82) is 0 Å². The number of hydrogen-bond acceptors (Lipinski definition) is 5. The van der Waals surface area contributed by atoms with Crippen molar-refractivity contribution in [2.75, 3.05) is 24.3 Å². The monoisotopic (exact) mass is 467 g/mol. The van der Waals surface area contributed by atoms with Gasteiger partial charge in [-0.2, -0.15) is 4.98 Å². The van der Waals surface area contributed by atoms with Crippen LogP contribution in [0.2, 0.25) is 0 Å². The van der Waals surface area contributed by atoms with Crippen molar-refractivity contribution in [3.63, 3.8) is 0 Å². The molecular weight excluding hydrogens is 436 g/mol. The Morgan fingerprint density at radius 3 is 2.32 bits per heavy atom. The molecule has 0 radical (unpaired) electrons. The second kappa shape index (κ2) is 9.91. The molecular formula is C26H31F2N5O. The molecule has 0 bridgehead atoms. The molecule has 0 spiro atoms. The zero-order valence-corrected chi connectivity index (χ0v) is 20.0. The van der Waals surface area contributed by atoms with Crippen LogP contribution in [0.5, 0.6) is 0 Å². The molecule has 8 heteroatoms. The van der Waals surface area contributed by atoms with Gasteiger partial charge in [-0.3, -0.25) is 4.79 Å². The minimum Gasteiger partial charge on any atom is -0.362 e. The van der Waals surface area contributed by atoms with E-state index in [2.05, 4.69) is 32.7 Å². The average Bonchev–Trinajstić information content (AvgIpc) is 2.80. The molecule has 1 fully saturated rings. The maximum absolute atomic E-state index is 13.8.